The Morgan fingerprint density at radius 1 is 1.24 bits per heavy atom. The standard InChI is InChI=1S/C12H15BN2O2/c1-6-10-9(7-14-8-15-10)13-16-11(2,3)12(4,5)17-13/h1,7-8H,2-5H3. The molecule has 88 valence electrons. The zero-order chi connectivity index (χ0) is 12.7. The lowest BCUT2D eigenvalue weighted by atomic mass is 9.79. The van der Waals surface area contributed by atoms with E-state index in [9.17, 15) is 0 Å². The second-order valence-electron chi connectivity index (χ2n) is 5.06. The van der Waals surface area contributed by atoms with Crippen LogP contribution in [0.2, 0.25) is 0 Å². The fourth-order valence-corrected chi connectivity index (χ4v) is 1.60. The average molecular weight is 230 g/mol. The van der Waals surface area contributed by atoms with Crippen LogP contribution in [0.5, 0.6) is 0 Å². The van der Waals surface area contributed by atoms with E-state index < -0.39 is 7.12 Å². The second kappa shape index (κ2) is 3.83. The number of aromatic nitrogens is 2. The van der Waals surface area contributed by atoms with Gasteiger partial charge in [0.1, 0.15) is 12.0 Å². The summed E-state index contributed by atoms with van der Waals surface area (Å²) in [5.74, 6) is 2.52. The van der Waals surface area contributed by atoms with Gasteiger partial charge in [0.25, 0.3) is 0 Å². The van der Waals surface area contributed by atoms with Crippen LogP contribution in [0.25, 0.3) is 0 Å². The largest absolute Gasteiger partial charge is 0.499 e. The number of rotatable bonds is 1. The third-order valence-corrected chi connectivity index (χ3v) is 3.38. The summed E-state index contributed by atoms with van der Waals surface area (Å²) in [5, 5.41) is 0. The highest BCUT2D eigenvalue weighted by atomic mass is 16.7. The van der Waals surface area contributed by atoms with Crippen molar-refractivity contribution in [1.29, 1.82) is 0 Å². The first-order valence-electron chi connectivity index (χ1n) is 5.49. The van der Waals surface area contributed by atoms with Crippen LogP contribution in [0, 0.1) is 12.3 Å². The molecule has 1 aliphatic heterocycles. The molecule has 1 aliphatic rings. The number of hydrogen-bond acceptors (Lipinski definition) is 4. The molecule has 0 amide bonds. The molecule has 1 aromatic rings. The molecule has 0 bridgehead atoms. The van der Waals surface area contributed by atoms with Crippen LogP contribution in [0.1, 0.15) is 33.4 Å². The van der Waals surface area contributed by atoms with E-state index >= 15 is 0 Å². The van der Waals surface area contributed by atoms with Gasteiger partial charge < -0.3 is 9.31 Å². The van der Waals surface area contributed by atoms with Crippen molar-refractivity contribution in [2.45, 2.75) is 38.9 Å². The van der Waals surface area contributed by atoms with E-state index in [1.807, 2.05) is 27.7 Å². The maximum Gasteiger partial charge on any atom is 0.499 e. The summed E-state index contributed by atoms with van der Waals surface area (Å²) in [5.41, 5.74) is 0.436. The van der Waals surface area contributed by atoms with E-state index in [0.717, 1.165) is 0 Å². The van der Waals surface area contributed by atoms with Gasteiger partial charge in [0, 0.05) is 11.7 Å². The van der Waals surface area contributed by atoms with Crippen LogP contribution >= 0.6 is 0 Å². The molecule has 4 nitrogen and oxygen atoms in total. The molecule has 0 aromatic carbocycles. The quantitative estimate of drug-likeness (QED) is 0.527. The molecular weight excluding hydrogens is 215 g/mol. The summed E-state index contributed by atoms with van der Waals surface area (Å²) in [6, 6.07) is 0. The van der Waals surface area contributed by atoms with Gasteiger partial charge in [-0.2, -0.15) is 0 Å². The van der Waals surface area contributed by atoms with Crippen molar-refractivity contribution in [3.8, 4) is 12.3 Å². The van der Waals surface area contributed by atoms with Gasteiger partial charge in [-0.05, 0) is 27.7 Å². The molecule has 0 N–H and O–H groups in total. The fourth-order valence-electron chi connectivity index (χ4n) is 1.60. The molecule has 1 fully saturated rings. The molecule has 1 aromatic heterocycles. The number of nitrogens with zero attached hydrogens (tertiary/aromatic N) is 2. The summed E-state index contributed by atoms with van der Waals surface area (Å²) in [7, 11) is -0.507. The van der Waals surface area contributed by atoms with Crippen LogP contribution < -0.4 is 5.46 Å². The molecule has 0 unspecified atom stereocenters. The van der Waals surface area contributed by atoms with Crippen molar-refractivity contribution in [2.24, 2.45) is 0 Å². The second-order valence-corrected chi connectivity index (χ2v) is 5.06. The highest BCUT2D eigenvalue weighted by Crippen LogP contribution is 2.36. The highest BCUT2D eigenvalue weighted by molar-refractivity contribution is 6.62. The van der Waals surface area contributed by atoms with Gasteiger partial charge in [-0.3, -0.25) is 0 Å². The minimum absolute atomic E-state index is 0.390. The van der Waals surface area contributed by atoms with Gasteiger partial charge in [-0.25, -0.2) is 9.97 Å². The lowest BCUT2D eigenvalue weighted by molar-refractivity contribution is 0.00578. The molecule has 5 heteroatoms. The maximum atomic E-state index is 5.89. The Labute approximate surface area is 102 Å². The third kappa shape index (κ3) is 1.94. The van der Waals surface area contributed by atoms with Crippen molar-refractivity contribution in [2.75, 3.05) is 0 Å². The van der Waals surface area contributed by atoms with Gasteiger partial charge >= 0.3 is 7.12 Å². The SMILES string of the molecule is C#Cc1ncncc1B1OC(C)(C)C(C)(C)O1. The van der Waals surface area contributed by atoms with Gasteiger partial charge in [0.15, 0.2) is 0 Å². The summed E-state index contributed by atoms with van der Waals surface area (Å²) >= 11 is 0. The monoisotopic (exact) mass is 230 g/mol. The minimum atomic E-state index is -0.507. The Bertz CT molecular complexity index is 464. The Balaban J connectivity index is 2.36. The zero-order valence-electron chi connectivity index (χ0n) is 10.5. The van der Waals surface area contributed by atoms with E-state index in [1.54, 1.807) is 6.20 Å². The molecule has 0 aliphatic carbocycles. The van der Waals surface area contributed by atoms with Gasteiger partial charge in [0.05, 0.1) is 11.2 Å². The summed E-state index contributed by atoms with van der Waals surface area (Å²) in [6.07, 6.45) is 8.47. The van der Waals surface area contributed by atoms with Crippen LogP contribution in [0.3, 0.4) is 0 Å². The van der Waals surface area contributed by atoms with Crippen molar-refractivity contribution in [3.63, 3.8) is 0 Å². The van der Waals surface area contributed by atoms with Gasteiger partial charge in [-0.1, -0.05) is 5.92 Å². The smallest absolute Gasteiger partial charge is 0.399 e. The van der Waals surface area contributed by atoms with Gasteiger partial charge in [0.2, 0.25) is 0 Å². The van der Waals surface area contributed by atoms with Crippen molar-refractivity contribution >= 4 is 12.6 Å². The first kappa shape index (κ1) is 12.1. The van der Waals surface area contributed by atoms with Crippen molar-refractivity contribution < 1.29 is 9.31 Å². The topological polar surface area (TPSA) is 44.2 Å². The van der Waals surface area contributed by atoms with Crippen LogP contribution in [-0.2, 0) is 9.31 Å². The summed E-state index contributed by atoms with van der Waals surface area (Å²) in [6.45, 7) is 7.97. The predicted molar refractivity (Wildman–Crippen MR) is 65.7 cm³/mol. The fraction of sp³-hybridized carbons (Fsp3) is 0.500. The predicted octanol–water partition coefficient (Wildman–Crippen LogP) is 0.757. The average Bonchev–Trinajstić information content (AvgIpc) is 2.48. The Kier molecular flexibility index (Phi) is 2.72. The molecule has 2 rings (SSSR count). The molecule has 1 saturated heterocycles. The lowest BCUT2D eigenvalue weighted by Crippen LogP contribution is -2.41. The normalized spacial score (nSPS) is 21.2. The van der Waals surface area contributed by atoms with E-state index in [4.69, 9.17) is 15.7 Å². The Morgan fingerprint density at radius 2 is 1.82 bits per heavy atom. The molecule has 0 atom stereocenters. The molecule has 2 heterocycles. The first-order valence-corrected chi connectivity index (χ1v) is 5.49. The van der Waals surface area contributed by atoms with Crippen molar-refractivity contribution in [3.05, 3.63) is 18.2 Å². The summed E-state index contributed by atoms with van der Waals surface area (Å²) < 4.78 is 11.8. The van der Waals surface area contributed by atoms with E-state index in [0.29, 0.717) is 11.2 Å². The minimum Gasteiger partial charge on any atom is -0.399 e. The summed E-state index contributed by atoms with van der Waals surface area (Å²) in [4.78, 5) is 8.00. The number of terminal acetylenes is 1. The molecule has 0 radical (unpaired) electrons. The van der Waals surface area contributed by atoms with Gasteiger partial charge in [-0.15, -0.1) is 6.42 Å². The first-order chi connectivity index (χ1) is 7.87. The molecule has 17 heavy (non-hydrogen) atoms. The van der Waals surface area contributed by atoms with E-state index in [-0.39, 0.29) is 11.2 Å². The highest BCUT2D eigenvalue weighted by Gasteiger charge is 2.52. The maximum absolute atomic E-state index is 5.89. The van der Waals surface area contributed by atoms with Crippen LogP contribution in [0.4, 0.5) is 0 Å². The lowest BCUT2D eigenvalue weighted by Gasteiger charge is -2.32. The Morgan fingerprint density at radius 3 is 2.35 bits per heavy atom. The van der Waals surface area contributed by atoms with Crippen molar-refractivity contribution in [1.82, 2.24) is 9.97 Å². The van der Waals surface area contributed by atoms with Crippen LogP contribution in [0.15, 0.2) is 12.5 Å². The van der Waals surface area contributed by atoms with E-state index in [2.05, 4.69) is 15.9 Å². The zero-order valence-corrected chi connectivity index (χ0v) is 10.5. The third-order valence-electron chi connectivity index (χ3n) is 3.38. The number of hydrogen-bond donors (Lipinski definition) is 0. The molecule has 0 saturated carbocycles. The van der Waals surface area contributed by atoms with E-state index in [1.165, 1.54) is 6.33 Å². The van der Waals surface area contributed by atoms with Crippen LogP contribution in [-0.4, -0.2) is 28.3 Å². The molecule has 0 spiro atoms. The Hall–Kier alpha value is -1.38. The molecular formula is C12H15BN2O2.